The molecule has 0 radical (unpaired) electrons. The summed E-state index contributed by atoms with van der Waals surface area (Å²) in [6.45, 7) is 0.159. The van der Waals surface area contributed by atoms with Crippen LogP contribution < -0.4 is 11.1 Å². The van der Waals surface area contributed by atoms with Crippen LogP contribution >= 0.6 is 11.6 Å². The van der Waals surface area contributed by atoms with E-state index in [1.165, 1.54) is 12.1 Å². The third kappa shape index (κ3) is 2.87. The Hall–Kier alpha value is -1.00. The maximum absolute atomic E-state index is 13.2. The van der Waals surface area contributed by atoms with Gasteiger partial charge in [-0.05, 0) is 18.9 Å². The molecule has 0 bridgehead atoms. The van der Waals surface area contributed by atoms with E-state index in [0.29, 0.717) is 11.4 Å². The van der Waals surface area contributed by atoms with Crippen molar-refractivity contribution < 1.29 is 9.50 Å². The van der Waals surface area contributed by atoms with E-state index in [2.05, 4.69) is 5.32 Å². The summed E-state index contributed by atoms with van der Waals surface area (Å²) < 4.78 is 13.2. The molecule has 5 heteroatoms. The molecule has 1 saturated carbocycles. The predicted molar refractivity (Wildman–Crippen MR) is 72.3 cm³/mol. The van der Waals surface area contributed by atoms with E-state index in [1.807, 2.05) is 0 Å². The third-order valence-electron chi connectivity index (χ3n) is 3.58. The van der Waals surface area contributed by atoms with Crippen LogP contribution in [0, 0.1) is 11.7 Å². The molecule has 0 heterocycles. The number of hydrogen-bond acceptors (Lipinski definition) is 3. The van der Waals surface area contributed by atoms with Crippen LogP contribution in [-0.2, 0) is 0 Å². The van der Waals surface area contributed by atoms with Crippen LogP contribution in [0.1, 0.15) is 25.7 Å². The molecular formula is C13H18ClFN2O. The van der Waals surface area contributed by atoms with E-state index in [1.54, 1.807) is 0 Å². The van der Waals surface area contributed by atoms with Crippen LogP contribution in [0.4, 0.5) is 15.8 Å². The van der Waals surface area contributed by atoms with E-state index in [0.717, 1.165) is 25.7 Å². The highest BCUT2D eigenvalue weighted by molar-refractivity contribution is 6.31. The Kier molecular flexibility index (Phi) is 4.30. The van der Waals surface area contributed by atoms with Crippen LogP contribution in [0.15, 0.2) is 12.1 Å². The van der Waals surface area contributed by atoms with E-state index >= 15 is 0 Å². The Balaban J connectivity index is 2.15. The first-order valence-electron chi connectivity index (χ1n) is 6.23. The highest BCUT2D eigenvalue weighted by Crippen LogP contribution is 2.31. The van der Waals surface area contributed by atoms with Gasteiger partial charge in [0.25, 0.3) is 0 Å². The van der Waals surface area contributed by atoms with Crippen molar-refractivity contribution in [2.45, 2.75) is 31.7 Å². The lowest BCUT2D eigenvalue weighted by atomic mass is 9.85. The zero-order chi connectivity index (χ0) is 13.1. The second-order valence-electron chi connectivity index (χ2n) is 4.83. The number of benzene rings is 1. The molecular weight excluding hydrogens is 255 g/mol. The summed E-state index contributed by atoms with van der Waals surface area (Å²) in [5, 5.41) is 12.7. The van der Waals surface area contributed by atoms with Crippen LogP contribution in [0.25, 0.3) is 0 Å². The Labute approximate surface area is 111 Å². The van der Waals surface area contributed by atoms with Crippen LogP contribution in [-0.4, -0.2) is 17.8 Å². The topological polar surface area (TPSA) is 58.3 Å². The Morgan fingerprint density at radius 1 is 1.39 bits per heavy atom. The van der Waals surface area contributed by atoms with Crippen molar-refractivity contribution in [2.24, 2.45) is 5.92 Å². The van der Waals surface area contributed by atoms with Crippen molar-refractivity contribution in [3.05, 3.63) is 23.0 Å². The number of anilines is 2. The summed E-state index contributed by atoms with van der Waals surface area (Å²) in [5.41, 5.74) is 6.76. The molecule has 0 aliphatic heterocycles. The normalized spacial score (nSPS) is 23.9. The van der Waals surface area contributed by atoms with Crippen molar-refractivity contribution in [3.63, 3.8) is 0 Å². The van der Waals surface area contributed by atoms with Gasteiger partial charge in [0, 0.05) is 24.6 Å². The van der Waals surface area contributed by atoms with Crippen LogP contribution in [0.5, 0.6) is 0 Å². The minimum absolute atomic E-state index is 0.0584. The molecule has 0 spiro atoms. The average molecular weight is 273 g/mol. The van der Waals surface area contributed by atoms with Gasteiger partial charge in [-0.1, -0.05) is 24.4 Å². The summed E-state index contributed by atoms with van der Waals surface area (Å²) in [5.74, 6) is -0.288. The van der Waals surface area contributed by atoms with Crippen molar-refractivity contribution in [3.8, 4) is 0 Å². The molecule has 1 aliphatic rings. The van der Waals surface area contributed by atoms with Gasteiger partial charge in [-0.15, -0.1) is 0 Å². The lowest BCUT2D eigenvalue weighted by Gasteiger charge is -2.32. The van der Waals surface area contributed by atoms with Gasteiger partial charge in [-0.3, -0.25) is 0 Å². The highest BCUT2D eigenvalue weighted by atomic mass is 35.5. The summed E-state index contributed by atoms with van der Waals surface area (Å²) in [6, 6.07) is 2.91. The number of halogens is 2. The summed E-state index contributed by atoms with van der Waals surface area (Å²) in [4.78, 5) is 0. The molecule has 2 atom stereocenters. The summed E-state index contributed by atoms with van der Waals surface area (Å²) in [6.07, 6.45) is 4.26. The van der Waals surface area contributed by atoms with Gasteiger partial charge in [-0.2, -0.15) is 0 Å². The van der Waals surface area contributed by atoms with Crippen molar-refractivity contribution in [1.29, 1.82) is 0 Å². The second-order valence-corrected chi connectivity index (χ2v) is 5.24. The zero-order valence-corrected chi connectivity index (χ0v) is 10.9. The monoisotopic (exact) mass is 272 g/mol. The Morgan fingerprint density at radius 3 is 2.83 bits per heavy atom. The van der Waals surface area contributed by atoms with Crippen molar-refractivity contribution >= 4 is 23.0 Å². The Morgan fingerprint density at radius 2 is 2.11 bits per heavy atom. The van der Waals surface area contributed by atoms with Crippen LogP contribution in [0.2, 0.25) is 5.02 Å². The molecule has 2 rings (SSSR count). The smallest absolute Gasteiger partial charge is 0.143 e. The number of hydrogen-bond donors (Lipinski definition) is 3. The zero-order valence-electron chi connectivity index (χ0n) is 10.1. The van der Waals surface area contributed by atoms with Gasteiger partial charge in [0.1, 0.15) is 5.82 Å². The van der Waals surface area contributed by atoms with E-state index in [9.17, 15) is 9.50 Å². The van der Waals surface area contributed by atoms with Gasteiger partial charge < -0.3 is 16.2 Å². The summed E-state index contributed by atoms with van der Waals surface area (Å²) >= 11 is 5.75. The minimum atomic E-state index is -0.512. The highest BCUT2D eigenvalue weighted by Gasteiger charge is 2.25. The SMILES string of the molecule is Nc1cc(F)c(Cl)cc1NC1CCCCC1CO. The molecule has 18 heavy (non-hydrogen) atoms. The fourth-order valence-corrected chi connectivity index (χ4v) is 2.67. The standard InChI is InChI=1S/C13H18ClFN2O/c14-9-5-13(11(16)6-10(9)15)17-12-4-2-1-3-8(12)7-18/h5-6,8,12,17-18H,1-4,7,16H2. The summed E-state index contributed by atoms with van der Waals surface area (Å²) in [7, 11) is 0. The van der Waals surface area contributed by atoms with Crippen LogP contribution in [0.3, 0.4) is 0 Å². The lowest BCUT2D eigenvalue weighted by Crippen LogP contribution is -2.34. The van der Waals surface area contributed by atoms with Gasteiger partial charge in [0.2, 0.25) is 0 Å². The van der Waals surface area contributed by atoms with Crippen molar-refractivity contribution in [2.75, 3.05) is 17.7 Å². The van der Waals surface area contributed by atoms with E-state index < -0.39 is 5.82 Å². The van der Waals surface area contributed by atoms with E-state index in [4.69, 9.17) is 17.3 Å². The number of nitrogen functional groups attached to an aromatic ring is 1. The first-order valence-corrected chi connectivity index (χ1v) is 6.61. The molecule has 0 amide bonds. The molecule has 0 saturated heterocycles. The maximum Gasteiger partial charge on any atom is 0.143 e. The lowest BCUT2D eigenvalue weighted by molar-refractivity contribution is 0.178. The first kappa shape index (κ1) is 13.4. The molecule has 1 aromatic rings. The predicted octanol–water partition coefficient (Wildman–Crippen LogP) is 3.02. The largest absolute Gasteiger partial charge is 0.397 e. The van der Waals surface area contributed by atoms with Gasteiger partial charge in [0.05, 0.1) is 16.4 Å². The molecule has 1 aromatic carbocycles. The molecule has 1 aliphatic carbocycles. The number of aliphatic hydroxyl groups excluding tert-OH is 1. The number of nitrogens with one attached hydrogen (secondary N) is 1. The number of rotatable bonds is 3. The molecule has 100 valence electrons. The maximum atomic E-state index is 13.2. The van der Waals surface area contributed by atoms with Gasteiger partial charge in [0.15, 0.2) is 0 Å². The molecule has 3 nitrogen and oxygen atoms in total. The van der Waals surface area contributed by atoms with E-state index in [-0.39, 0.29) is 23.6 Å². The molecule has 1 fully saturated rings. The second kappa shape index (κ2) is 5.76. The average Bonchev–Trinajstić information content (AvgIpc) is 2.36. The quantitative estimate of drug-likeness (QED) is 0.742. The number of aliphatic hydroxyl groups is 1. The Bertz CT molecular complexity index is 428. The van der Waals surface area contributed by atoms with Gasteiger partial charge >= 0.3 is 0 Å². The number of nitrogens with two attached hydrogens (primary N) is 1. The molecule has 2 unspecified atom stereocenters. The van der Waals surface area contributed by atoms with Gasteiger partial charge in [-0.25, -0.2) is 4.39 Å². The third-order valence-corrected chi connectivity index (χ3v) is 3.87. The fraction of sp³-hybridized carbons (Fsp3) is 0.538. The minimum Gasteiger partial charge on any atom is -0.397 e. The molecule has 0 aromatic heterocycles. The fourth-order valence-electron chi connectivity index (χ4n) is 2.50. The van der Waals surface area contributed by atoms with Crippen molar-refractivity contribution in [1.82, 2.24) is 0 Å². The molecule has 4 N–H and O–H groups in total. The first-order chi connectivity index (χ1) is 8.61.